The van der Waals surface area contributed by atoms with Crippen LogP contribution in [0.3, 0.4) is 0 Å². The Kier molecular flexibility index (Phi) is 6.44. The van der Waals surface area contributed by atoms with Gasteiger partial charge in [-0.05, 0) is 37.7 Å². The Morgan fingerprint density at radius 3 is 2.62 bits per heavy atom. The van der Waals surface area contributed by atoms with Crippen molar-refractivity contribution >= 4 is 0 Å². The third-order valence-corrected chi connectivity index (χ3v) is 3.56. The highest BCUT2D eigenvalue weighted by atomic mass is 15.3. The summed E-state index contributed by atoms with van der Waals surface area (Å²) in [4.78, 5) is 2.47. The summed E-state index contributed by atoms with van der Waals surface area (Å²) in [5.41, 5.74) is 2.18. The van der Waals surface area contributed by atoms with Crippen molar-refractivity contribution in [3.63, 3.8) is 0 Å². The molecule has 0 saturated carbocycles. The molecule has 1 aromatic carbocycles. The van der Waals surface area contributed by atoms with Crippen molar-refractivity contribution in [1.29, 1.82) is 0 Å². The zero-order valence-corrected chi connectivity index (χ0v) is 13.1. The Morgan fingerprint density at radius 1 is 1.10 bits per heavy atom. The van der Waals surface area contributed by atoms with Crippen molar-refractivity contribution in [2.45, 2.75) is 26.8 Å². The van der Waals surface area contributed by atoms with Crippen LogP contribution in [0.1, 0.15) is 26.0 Å². The van der Waals surface area contributed by atoms with Crippen molar-refractivity contribution in [2.24, 2.45) is 0 Å². The number of nitrogens with zero attached hydrogens (tertiary/aromatic N) is 3. The van der Waals surface area contributed by atoms with Gasteiger partial charge in [0.05, 0.1) is 11.4 Å². The average molecular weight is 286 g/mol. The van der Waals surface area contributed by atoms with E-state index in [2.05, 4.69) is 47.4 Å². The van der Waals surface area contributed by atoms with Crippen LogP contribution in [0, 0.1) is 0 Å². The zero-order chi connectivity index (χ0) is 14.9. The summed E-state index contributed by atoms with van der Waals surface area (Å²) in [6.45, 7) is 9.68. The average Bonchev–Trinajstić information content (AvgIpc) is 3.00. The smallest absolute Gasteiger partial charge is 0.0766 e. The maximum atomic E-state index is 4.59. The van der Waals surface area contributed by atoms with E-state index in [0.717, 1.165) is 37.6 Å². The predicted molar refractivity (Wildman–Crippen MR) is 87.7 cm³/mol. The second kappa shape index (κ2) is 8.60. The van der Waals surface area contributed by atoms with Gasteiger partial charge in [0.15, 0.2) is 0 Å². The molecule has 0 atom stereocenters. The van der Waals surface area contributed by atoms with Crippen molar-refractivity contribution in [3.8, 4) is 5.69 Å². The zero-order valence-electron chi connectivity index (χ0n) is 13.1. The lowest BCUT2D eigenvalue weighted by Gasteiger charge is -2.19. The summed E-state index contributed by atoms with van der Waals surface area (Å²) in [5.74, 6) is 0. The summed E-state index contributed by atoms with van der Waals surface area (Å²) in [6, 6.07) is 12.3. The first-order chi connectivity index (χ1) is 10.3. The monoisotopic (exact) mass is 286 g/mol. The molecule has 4 nitrogen and oxygen atoms in total. The van der Waals surface area contributed by atoms with Gasteiger partial charge in [-0.3, -0.25) is 0 Å². The maximum Gasteiger partial charge on any atom is 0.0766 e. The minimum Gasteiger partial charge on any atom is -0.310 e. The van der Waals surface area contributed by atoms with Gasteiger partial charge in [0, 0.05) is 25.8 Å². The van der Waals surface area contributed by atoms with Gasteiger partial charge in [0.2, 0.25) is 0 Å². The van der Waals surface area contributed by atoms with Crippen LogP contribution in [0.5, 0.6) is 0 Å². The number of hydrogen-bond donors (Lipinski definition) is 1. The molecule has 1 N–H and O–H groups in total. The molecular weight excluding hydrogens is 260 g/mol. The van der Waals surface area contributed by atoms with E-state index in [9.17, 15) is 0 Å². The molecule has 4 heteroatoms. The SMILES string of the molecule is CCCN(CC)CCNCc1ccn(-c2ccccc2)n1. The first-order valence-corrected chi connectivity index (χ1v) is 7.86. The Morgan fingerprint density at radius 2 is 1.90 bits per heavy atom. The topological polar surface area (TPSA) is 33.1 Å². The summed E-state index contributed by atoms with van der Waals surface area (Å²) < 4.78 is 1.92. The highest BCUT2D eigenvalue weighted by molar-refractivity contribution is 5.30. The fraction of sp³-hybridized carbons (Fsp3) is 0.471. The molecule has 1 aromatic heterocycles. The molecule has 0 aliphatic heterocycles. The van der Waals surface area contributed by atoms with Crippen LogP contribution in [-0.4, -0.2) is 40.9 Å². The van der Waals surface area contributed by atoms with Gasteiger partial charge >= 0.3 is 0 Å². The van der Waals surface area contributed by atoms with Crippen LogP contribution in [0.15, 0.2) is 42.6 Å². The van der Waals surface area contributed by atoms with Crippen LogP contribution in [0.4, 0.5) is 0 Å². The van der Waals surface area contributed by atoms with E-state index < -0.39 is 0 Å². The third-order valence-electron chi connectivity index (χ3n) is 3.56. The van der Waals surface area contributed by atoms with Gasteiger partial charge in [-0.25, -0.2) is 4.68 Å². The first kappa shape index (κ1) is 15.7. The van der Waals surface area contributed by atoms with E-state index >= 15 is 0 Å². The number of nitrogens with one attached hydrogen (secondary N) is 1. The molecule has 0 unspecified atom stereocenters. The van der Waals surface area contributed by atoms with Gasteiger partial charge in [-0.1, -0.05) is 32.0 Å². The first-order valence-electron chi connectivity index (χ1n) is 7.86. The third kappa shape index (κ3) is 4.99. The van der Waals surface area contributed by atoms with E-state index in [1.165, 1.54) is 13.0 Å². The standard InChI is InChI=1S/C17H26N4/c1-3-12-20(4-2)14-11-18-15-16-10-13-21(19-16)17-8-6-5-7-9-17/h5-10,13,18H,3-4,11-12,14-15H2,1-2H3. The van der Waals surface area contributed by atoms with Crippen molar-refractivity contribution in [2.75, 3.05) is 26.2 Å². The second-order valence-corrected chi connectivity index (χ2v) is 5.20. The number of rotatable bonds is 9. The number of aromatic nitrogens is 2. The van der Waals surface area contributed by atoms with Gasteiger partial charge in [-0.15, -0.1) is 0 Å². The normalized spacial score (nSPS) is 11.2. The lowest BCUT2D eigenvalue weighted by molar-refractivity contribution is 0.287. The maximum absolute atomic E-state index is 4.59. The van der Waals surface area contributed by atoms with E-state index in [-0.39, 0.29) is 0 Å². The molecule has 0 fully saturated rings. The van der Waals surface area contributed by atoms with Gasteiger partial charge in [-0.2, -0.15) is 5.10 Å². The minimum absolute atomic E-state index is 0.823. The van der Waals surface area contributed by atoms with Crippen molar-refractivity contribution in [3.05, 3.63) is 48.3 Å². The molecule has 1 heterocycles. The summed E-state index contributed by atoms with van der Waals surface area (Å²) in [6.07, 6.45) is 3.23. The molecule has 0 saturated heterocycles. The second-order valence-electron chi connectivity index (χ2n) is 5.20. The number of para-hydroxylation sites is 1. The molecular formula is C17H26N4. The van der Waals surface area contributed by atoms with Gasteiger partial charge in [0.1, 0.15) is 0 Å². The molecule has 0 aliphatic rings. The molecule has 0 spiro atoms. The largest absolute Gasteiger partial charge is 0.310 e. The van der Waals surface area contributed by atoms with Crippen molar-refractivity contribution in [1.82, 2.24) is 20.0 Å². The number of likely N-dealkylation sites (N-methyl/N-ethyl adjacent to an activating group) is 1. The van der Waals surface area contributed by atoms with Crippen LogP contribution in [0.2, 0.25) is 0 Å². The van der Waals surface area contributed by atoms with Crippen molar-refractivity contribution < 1.29 is 0 Å². The molecule has 114 valence electrons. The van der Waals surface area contributed by atoms with E-state index in [1.54, 1.807) is 0 Å². The molecule has 0 bridgehead atoms. The van der Waals surface area contributed by atoms with Crippen LogP contribution in [-0.2, 0) is 6.54 Å². The van der Waals surface area contributed by atoms with E-state index in [1.807, 2.05) is 29.1 Å². The van der Waals surface area contributed by atoms with Crippen LogP contribution >= 0.6 is 0 Å². The van der Waals surface area contributed by atoms with Crippen LogP contribution in [0.25, 0.3) is 5.69 Å². The molecule has 2 aromatic rings. The Hall–Kier alpha value is -1.65. The minimum atomic E-state index is 0.823. The lowest BCUT2D eigenvalue weighted by Crippen LogP contribution is -2.32. The number of hydrogen-bond acceptors (Lipinski definition) is 3. The molecule has 2 rings (SSSR count). The molecule has 0 aliphatic carbocycles. The summed E-state index contributed by atoms with van der Waals surface area (Å²) in [7, 11) is 0. The van der Waals surface area contributed by atoms with Crippen LogP contribution < -0.4 is 5.32 Å². The summed E-state index contributed by atoms with van der Waals surface area (Å²) >= 11 is 0. The molecule has 21 heavy (non-hydrogen) atoms. The Bertz CT molecular complexity index is 507. The van der Waals surface area contributed by atoms with E-state index in [4.69, 9.17) is 0 Å². The highest BCUT2D eigenvalue weighted by Gasteiger charge is 2.02. The Labute approximate surface area is 127 Å². The quantitative estimate of drug-likeness (QED) is 0.720. The molecule has 0 amide bonds. The molecule has 0 radical (unpaired) electrons. The fourth-order valence-electron chi connectivity index (χ4n) is 2.38. The van der Waals surface area contributed by atoms with Gasteiger partial charge < -0.3 is 10.2 Å². The highest BCUT2D eigenvalue weighted by Crippen LogP contribution is 2.06. The lowest BCUT2D eigenvalue weighted by atomic mass is 10.3. The number of benzene rings is 1. The predicted octanol–water partition coefficient (Wildman–Crippen LogP) is 2.69. The fourth-order valence-corrected chi connectivity index (χ4v) is 2.38. The summed E-state index contributed by atoms with van der Waals surface area (Å²) in [5, 5.41) is 8.07. The van der Waals surface area contributed by atoms with E-state index in [0.29, 0.717) is 0 Å². The Balaban J connectivity index is 1.76. The van der Waals surface area contributed by atoms with Gasteiger partial charge in [0.25, 0.3) is 0 Å².